The van der Waals surface area contributed by atoms with Gasteiger partial charge in [0.05, 0.1) is 0 Å². The fourth-order valence-electron chi connectivity index (χ4n) is 2.17. The van der Waals surface area contributed by atoms with E-state index in [2.05, 4.69) is 24.0 Å². The first kappa shape index (κ1) is 9.85. The van der Waals surface area contributed by atoms with Crippen molar-refractivity contribution in [2.75, 3.05) is 12.3 Å². The molecule has 0 amide bonds. The van der Waals surface area contributed by atoms with Crippen LogP contribution >= 0.6 is 11.8 Å². The maximum absolute atomic E-state index is 3.72. The molecule has 2 aliphatic carbocycles. The van der Waals surface area contributed by atoms with Crippen LogP contribution in [-0.2, 0) is 0 Å². The molecule has 2 aliphatic rings. The van der Waals surface area contributed by atoms with Gasteiger partial charge in [-0.3, -0.25) is 0 Å². The minimum atomic E-state index is 0.852. The molecule has 13 heavy (non-hydrogen) atoms. The van der Waals surface area contributed by atoms with E-state index in [4.69, 9.17) is 0 Å². The highest BCUT2D eigenvalue weighted by atomic mass is 32.2. The van der Waals surface area contributed by atoms with E-state index in [1.165, 1.54) is 44.4 Å². The molecule has 0 aliphatic heterocycles. The molecule has 2 fully saturated rings. The quantitative estimate of drug-likeness (QED) is 0.730. The molecule has 76 valence electrons. The molecule has 2 atom stereocenters. The van der Waals surface area contributed by atoms with Gasteiger partial charge in [0.25, 0.3) is 0 Å². The number of hydrogen-bond donors (Lipinski definition) is 1. The zero-order valence-electron chi connectivity index (χ0n) is 8.59. The van der Waals surface area contributed by atoms with Gasteiger partial charge in [-0.05, 0) is 50.3 Å². The van der Waals surface area contributed by atoms with Gasteiger partial charge in [0.1, 0.15) is 0 Å². The lowest BCUT2D eigenvalue weighted by molar-refractivity contribution is 0.508. The van der Waals surface area contributed by atoms with Crippen molar-refractivity contribution in [2.45, 2.75) is 50.3 Å². The molecule has 0 bridgehead atoms. The second-order valence-corrected chi connectivity index (χ2v) is 6.02. The Morgan fingerprint density at radius 3 is 2.77 bits per heavy atom. The summed E-state index contributed by atoms with van der Waals surface area (Å²) in [6, 6.07) is 0.852. The van der Waals surface area contributed by atoms with E-state index >= 15 is 0 Å². The average molecular weight is 199 g/mol. The maximum atomic E-state index is 3.72. The molecule has 2 saturated carbocycles. The zero-order chi connectivity index (χ0) is 9.10. The predicted molar refractivity (Wildman–Crippen MR) is 60.3 cm³/mol. The molecular formula is C11H21NS. The van der Waals surface area contributed by atoms with E-state index in [0.29, 0.717) is 0 Å². The molecule has 0 aromatic heterocycles. The summed E-state index contributed by atoms with van der Waals surface area (Å²) < 4.78 is 0. The lowest BCUT2D eigenvalue weighted by atomic mass is 10.2. The molecule has 1 nitrogen and oxygen atoms in total. The molecule has 2 rings (SSSR count). The first-order valence-electron chi connectivity index (χ1n) is 5.73. The molecule has 1 N–H and O–H groups in total. The van der Waals surface area contributed by atoms with Crippen molar-refractivity contribution in [3.63, 3.8) is 0 Å². The lowest BCUT2D eigenvalue weighted by Gasteiger charge is -2.12. The lowest BCUT2D eigenvalue weighted by Crippen LogP contribution is -2.28. The van der Waals surface area contributed by atoms with Crippen LogP contribution < -0.4 is 5.32 Å². The first-order chi connectivity index (χ1) is 6.38. The molecule has 0 saturated heterocycles. The Hall–Kier alpha value is 0.310. The van der Waals surface area contributed by atoms with Crippen LogP contribution in [0.2, 0.25) is 0 Å². The first-order valence-corrected chi connectivity index (χ1v) is 6.78. The topological polar surface area (TPSA) is 12.0 Å². The molecule has 0 spiro atoms. The van der Waals surface area contributed by atoms with Crippen molar-refractivity contribution >= 4 is 11.8 Å². The van der Waals surface area contributed by atoms with Gasteiger partial charge in [-0.25, -0.2) is 0 Å². The minimum Gasteiger partial charge on any atom is -0.314 e. The third kappa shape index (κ3) is 3.17. The summed E-state index contributed by atoms with van der Waals surface area (Å²) in [4.78, 5) is 0. The van der Waals surface area contributed by atoms with E-state index < -0.39 is 0 Å². The monoisotopic (exact) mass is 199 g/mol. The summed E-state index contributed by atoms with van der Waals surface area (Å²) in [6.45, 7) is 3.57. The maximum Gasteiger partial charge on any atom is 0.00781 e. The number of nitrogens with one attached hydrogen (secondary N) is 1. The minimum absolute atomic E-state index is 0.852. The Kier molecular flexibility index (Phi) is 3.56. The molecular weight excluding hydrogens is 178 g/mol. The largest absolute Gasteiger partial charge is 0.314 e. The molecule has 2 heteroatoms. The van der Waals surface area contributed by atoms with Crippen LogP contribution in [0.5, 0.6) is 0 Å². The highest BCUT2D eigenvalue weighted by molar-refractivity contribution is 7.99. The van der Waals surface area contributed by atoms with Crippen molar-refractivity contribution in [3.05, 3.63) is 0 Å². The third-order valence-corrected chi connectivity index (χ3v) is 4.41. The molecule has 0 radical (unpaired) electrons. The van der Waals surface area contributed by atoms with Gasteiger partial charge in [0.15, 0.2) is 0 Å². The normalized spacial score (nSPS) is 33.9. The highest BCUT2D eigenvalue weighted by Gasteiger charge is 2.27. The van der Waals surface area contributed by atoms with E-state index in [1.54, 1.807) is 0 Å². The zero-order valence-corrected chi connectivity index (χ0v) is 9.41. The van der Waals surface area contributed by atoms with Gasteiger partial charge < -0.3 is 5.32 Å². The Morgan fingerprint density at radius 1 is 1.23 bits per heavy atom. The number of hydrogen-bond acceptors (Lipinski definition) is 2. The summed E-state index contributed by atoms with van der Waals surface area (Å²) in [5.74, 6) is 2.33. The average Bonchev–Trinajstić information content (AvgIpc) is 2.85. The van der Waals surface area contributed by atoms with Crippen molar-refractivity contribution in [3.8, 4) is 0 Å². The van der Waals surface area contributed by atoms with E-state index in [9.17, 15) is 0 Å². The van der Waals surface area contributed by atoms with E-state index in [-0.39, 0.29) is 0 Å². The van der Waals surface area contributed by atoms with Crippen molar-refractivity contribution < 1.29 is 0 Å². The van der Waals surface area contributed by atoms with Gasteiger partial charge in [0, 0.05) is 11.3 Å². The van der Waals surface area contributed by atoms with Gasteiger partial charge >= 0.3 is 0 Å². The van der Waals surface area contributed by atoms with Crippen molar-refractivity contribution in [1.82, 2.24) is 5.32 Å². The van der Waals surface area contributed by atoms with Crippen molar-refractivity contribution in [1.29, 1.82) is 0 Å². The smallest absolute Gasteiger partial charge is 0.00781 e. The second kappa shape index (κ2) is 4.70. The summed E-state index contributed by atoms with van der Waals surface area (Å²) in [6.07, 6.45) is 7.25. The Morgan fingerprint density at radius 2 is 2.08 bits per heavy atom. The van der Waals surface area contributed by atoms with Gasteiger partial charge in [-0.15, -0.1) is 0 Å². The second-order valence-electron chi connectivity index (χ2n) is 4.44. The summed E-state index contributed by atoms with van der Waals surface area (Å²) in [7, 11) is 0. The van der Waals surface area contributed by atoms with Gasteiger partial charge in [-0.2, -0.15) is 11.8 Å². The van der Waals surface area contributed by atoms with Crippen LogP contribution in [0.25, 0.3) is 0 Å². The number of thioether (sulfide) groups is 1. The van der Waals surface area contributed by atoms with Crippen LogP contribution in [0.3, 0.4) is 0 Å². The fourth-order valence-corrected chi connectivity index (χ4v) is 3.31. The third-order valence-electron chi connectivity index (χ3n) is 3.18. The molecule has 0 aromatic carbocycles. The van der Waals surface area contributed by atoms with Crippen LogP contribution in [0, 0.1) is 5.92 Å². The van der Waals surface area contributed by atoms with Gasteiger partial charge in [0.2, 0.25) is 0 Å². The molecule has 0 heterocycles. The summed E-state index contributed by atoms with van der Waals surface area (Å²) >= 11 is 2.15. The molecule has 2 unspecified atom stereocenters. The van der Waals surface area contributed by atoms with E-state index in [1.807, 2.05) is 0 Å². The fraction of sp³-hybridized carbons (Fsp3) is 1.00. The summed E-state index contributed by atoms with van der Waals surface area (Å²) in [5.41, 5.74) is 0. The SMILES string of the molecule is CCSC1CCC(NCC2CC2)C1. The standard InChI is InChI=1S/C11H21NS/c1-2-13-11-6-5-10(7-11)12-8-9-3-4-9/h9-12H,2-8H2,1H3. The van der Waals surface area contributed by atoms with Crippen LogP contribution in [0.4, 0.5) is 0 Å². The van der Waals surface area contributed by atoms with E-state index in [0.717, 1.165) is 17.2 Å². The van der Waals surface area contributed by atoms with Gasteiger partial charge in [-0.1, -0.05) is 6.92 Å². The Labute approximate surface area is 86.0 Å². The van der Waals surface area contributed by atoms with Crippen LogP contribution in [0.1, 0.15) is 39.0 Å². The van der Waals surface area contributed by atoms with Crippen molar-refractivity contribution in [2.24, 2.45) is 5.92 Å². The van der Waals surface area contributed by atoms with Crippen LogP contribution in [-0.4, -0.2) is 23.6 Å². The summed E-state index contributed by atoms with van der Waals surface area (Å²) in [5, 5.41) is 4.68. The molecule has 0 aromatic rings. The Bertz CT molecular complexity index is 156. The Balaban J connectivity index is 1.59. The van der Waals surface area contributed by atoms with Crippen LogP contribution in [0.15, 0.2) is 0 Å². The number of rotatable bonds is 5. The predicted octanol–water partition coefficient (Wildman–Crippen LogP) is 2.66. The highest BCUT2D eigenvalue weighted by Crippen LogP contribution is 2.31.